The number of halogens is 5. The highest BCUT2D eigenvalue weighted by Gasteiger charge is 2.23. The lowest BCUT2D eigenvalue weighted by molar-refractivity contribution is -0.0790. The second-order valence-electron chi connectivity index (χ2n) is 8.15. The van der Waals surface area contributed by atoms with Gasteiger partial charge in [0.1, 0.15) is 17.4 Å². The van der Waals surface area contributed by atoms with Gasteiger partial charge in [-0.05, 0) is 47.7 Å². The van der Waals surface area contributed by atoms with Gasteiger partial charge in [0.2, 0.25) is 0 Å². The molecule has 2 nitrogen and oxygen atoms in total. The third-order valence-corrected chi connectivity index (χ3v) is 5.43. The number of hydrogen-bond acceptors (Lipinski definition) is 2. The average molecular weight is 488 g/mol. The molecule has 0 aromatic heterocycles. The van der Waals surface area contributed by atoms with E-state index in [0.29, 0.717) is 12.1 Å². The number of aryl methyl sites for hydroxylation is 1. The molecule has 0 amide bonds. The van der Waals surface area contributed by atoms with Crippen LogP contribution in [0.3, 0.4) is 0 Å². The van der Waals surface area contributed by atoms with Crippen molar-refractivity contribution in [3.05, 3.63) is 95.1 Å². The number of ether oxygens (including phenoxy) is 1. The Hall–Kier alpha value is -3.48. The Kier molecular flexibility index (Phi) is 8.79. The van der Waals surface area contributed by atoms with Crippen LogP contribution in [0.4, 0.5) is 22.0 Å². The molecule has 0 radical (unpaired) electrons. The van der Waals surface area contributed by atoms with Gasteiger partial charge in [-0.25, -0.2) is 13.6 Å². The first kappa shape index (κ1) is 26.1. The zero-order valence-electron chi connectivity index (χ0n) is 19.2. The highest BCUT2D eigenvalue weighted by Crippen LogP contribution is 2.26. The maximum atomic E-state index is 14.1. The summed E-state index contributed by atoms with van der Waals surface area (Å²) in [7, 11) is 0. The molecule has 3 rings (SSSR count). The summed E-state index contributed by atoms with van der Waals surface area (Å²) in [6.45, 7) is 2.18. The molecule has 7 heteroatoms. The monoisotopic (exact) mass is 488 g/mol. The molecular weight excluding hydrogens is 463 g/mol. The Morgan fingerprint density at radius 2 is 1.43 bits per heavy atom. The van der Waals surface area contributed by atoms with Gasteiger partial charge in [-0.15, -0.1) is 0 Å². The van der Waals surface area contributed by atoms with Crippen LogP contribution in [0, 0.1) is 11.6 Å². The lowest BCUT2D eigenvalue weighted by atomic mass is 10.0. The molecule has 0 unspecified atom stereocenters. The van der Waals surface area contributed by atoms with Crippen LogP contribution >= 0.6 is 0 Å². The SMILES string of the molecule is CCCCCCc1ccc(-c2ccc(C(=O)Oc3cc(F)c(/C=C/C(F)(F)F)c(F)c3)cc2)cc1. The van der Waals surface area contributed by atoms with Gasteiger partial charge in [0.15, 0.2) is 0 Å². The highest BCUT2D eigenvalue weighted by atomic mass is 19.4. The fraction of sp³-hybridized carbons (Fsp3) is 0.250. The third kappa shape index (κ3) is 7.77. The molecule has 0 spiro atoms. The van der Waals surface area contributed by atoms with Gasteiger partial charge in [-0.2, -0.15) is 13.2 Å². The quantitative estimate of drug-likeness (QED) is 0.131. The maximum absolute atomic E-state index is 14.1. The van der Waals surface area contributed by atoms with E-state index in [4.69, 9.17) is 4.74 Å². The number of carbonyl (C=O) groups excluding carboxylic acids is 1. The number of benzene rings is 3. The molecule has 0 aliphatic rings. The minimum absolute atomic E-state index is 0.156. The van der Waals surface area contributed by atoms with E-state index in [1.165, 1.54) is 37.0 Å². The molecule has 0 bridgehead atoms. The fourth-order valence-corrected chi connectivity index (χ4v) is 3.54. The summed E-state index contributed by atoms with van der Waals surface area (Å²) in [5, 5.41) is 0. The van der Waals surface area contributed by atoms with Crippen molar-refractivity contribution >= 4 is 12.0 Å². The van der Waals surface area contributed by atoms with Crippen molar-refractivity contribution in [2.75, 3.05) is 0 Å². The number of alkyl halides is 3. The van der Waals surface area contributed by atoms with Crippen molar-refractivity contribution in [1.29, 1.82) is 0 Å². The Morgan fingerprint density at radius 1 is 0.857 bits per heavy atom. The van der Waals surface area contributed by atoms with Crippen molar-refractivity contribution in [1.82, 2.24) is 0 Å². The van der Waals surface area contributed by atoms with Crippen LogP contribution in [0.25, 0.3) is 17.2 Å². The van der Waals surface area contributed by atoms with Crippen LogP contribution in [0.5, 0.6) is 5.75 Å². The van der Waals surface area contributed by atoms with E-state index in [9.17, 15) is 26.7 Å². The fourth-order valence-electron chi connectivity index (χ4n) is 3.54. The molecule has 0 heterocycles. The van der Waals surface area contributed by atoms with E-state index in [1.54, 1.807) is 12.1 Å². The molecule has 184 valence electrons. The van der Waals surface area contributed by atoms with Crippen LogP contribution in [0.2, 0.25) is 0 Å². The van der Waals surface area contributed by atoms with Gasteiger partial charge in [0.05, 0.1) is 5.56 Å². The van der Waals surface area contributed by atoms with Crippen molar-refractivity contribution in [2.24, 2.45) is 0 Å². The van der Waals surface area contributed by atoms with Crippen LogP contribution in [-0.2, 0) is 6.42 Å². The molecule has 0 saturated carbocycles. The lowest BCUT2D eigenvalue weighted by Crippen LogP contribution is -2.09. The van der Waals surface area contributed by atoms with Gasteiger partial charge in [0, 0.05) is 23.8 Å². The van der Waals surface area contributed by atoms with E-state index in [-0.39, 0.29) is 17.7 Å². The standard InChI is InChI=1S/C28H25F5O2/c1-2-3-4-5-6-19-7-9-20(10-8-19)21-11-13-22(14-12-21)27(34)35-23-17-25(29)24(26(30)18-23)15-16-28(31,32)33/h7-18H,2-6H2,1H3/b16-15+. The van der Waals surface area contributed by atoms with E-state index < -0.39 is 35.1 Å². The number of allylic oxidation sites excluding steroid dienone is 1. The summed E-state index contributed by atoms with van der Waals surface area (Å²) < 4.78 is 69.9. The third-order valence-electron chi connectivity index (χ3n) is 5.43. The van der Waals surface area contributed by atoms with Crippen LogP contribution in [0.1, 0.15) is 54.1 Å². The first-order chi connectivity index (χ1) is 16.7. The largest absolute Gasteiger partial charge is 0.423 e. The summed E-state index contributed by atoms with van der Waals surface area (Å²) in [4.78, 5) is 12.4. The number of hydrogen-bond donors (Lipinski definition) is 0. The first-order valence-corrected chi connectivity index (χ1v) is 11.3. The smallest absolute Gasteiger partial charge is 0.409 e. The van der Waals surface area contributed by atoms with E-state index >= 15 is 0 Å². The number of carbonyl (C=O) groups is 1. The summed E-state index contributed by atoms with van der Waals surface area (Å²) in [6, 6.07) is 16.1. The number of unbranched alkanes of at least 4 members (excludes halogenated alkanes) is 3. The molecule has 35 heavy (non-hydrogen) atoms. The first-order valence-electron chi connectivity index (χ1n) is 11.3. The summed E-state index contributed by atoms with van der Waals surface area (Å²) in [5.74, 6) is -3.86. The van der Waals surface area contributed by atoms with Crippen LogP contribution in [-0.4, -0.2) is 12.1 Å². The second-order valence-corrected chi connectivity index (χ2v) is 8.15. The Balaban J connectivity index is 1.65. The van der Waals surface area contributed by atoms with Crippen molar-refractivity contribution in [3.63, 3.8) is 0 Å². The maximum Gasteiger partial charge on any atom is 0.409 e. The van der Waals surface area contributed by atoms with Crippen molar-refractivity contribution in [2.45, 2.75) is 45.2 Å². The minimum atomic E-state index is -4.72. The predicted octanol–water partition coefficient (Wildman–Crippen LogP) is 8.55. The molecular formula is C28H25F5O2. The van der Waals surface area contributed by atoms with E-state index in [1.807, 2.05) is 12.1 Å². The molecule has 0 N–H and O–H groups in total. The van der Waals surface area contributed by atoms with E-state index in [2.05, 4.69) is 19.1 Å². The van der Waals surface area contributed by atoms with Gasteiger partial charge in [-0.1, -0.05) is 62.6 Å². The van der Waals surface area contributed by atoms with Gasteiger partial charge in [0.25, 0.3) is 0 Å². The Bertz CT molecular complexity index is 1140. The van der Waals surface area contributed by atoms with Crippen molar-refractivity contribution in [3.8, 4) is 16.9 Å². The van der Waals surface area contributed by atoms with Gasteiger partial charge >= 0.3 is 12.1 Å². The Labute approximate surface area is 201 Å². The van der Waals surface area contributed by atoms with Crippen LogP contribution < -0.4 is 4.74 Å². The average Bonchev–Trinajstić information content (AvgIpc) is 2.81. The predicted molar refractivity (Wildman–Crippen MR) is 126 cm³/mol. The lowest BCUT2D eigenvalue weighted by Gasteiger charge is -2.08. The van der Waals surface area contributed by atoms with Gasteiger partial charge in [-0.3, -0.25) is 0 Å². The molecule has 0 aliphatic heterocycles. The van der Waals surface area contributed by atoms with Crippen molar-refractivity contribution < 1.29 is 31.5 Å². The zero-order valence-corrected chi connectivity index (χ0v) is 19.2. The van der Waals surface area contributed by atoms with E-state index in [0.717, 1.165) is 24.0 Å². The second kappa shape index (κ2) is 11.8. The molecule has 0 fully saturated rings. The Morgan fingerprint density at radius 3 is 1.97 bits per heavy atom. The molecule has 0 aliphatic carbocycles. The molecule has 0 saturated heterocycles. The summed E-state index contributed by atoms with van der Waals surface area (Å²) in [5.41, 5.74) is 2.41. The topological polar surface area (TPSA) is 26.3 Å². The van der Waals surface area contributed by atoms with Crippen LogP contribution in [0.15, 0.2) is 66.7 Å². The van der Waals surface area contributed by atoms with Gasteiger partial charge < -0.3 is 4.74 Å². The zero-order chi connectivity index (χ0) is 25.4. The highest BCUT2D eigenvalue weighted by molar-refractivity contribution is 5.91. The normalized spacial score (nSPS) is 11.7. The minimum Gasteiger partial charge on any atom is -0.423 e. The molecule has 3 aromatic carbocycles. The number of esters is 1. The molecule has 3 aromatic rings. The summed E-state index contributed by atoms with van der Waals surface area (Å²) >= 11 is 0. The number of rotatable bonds is 9. The molecule has 0 atom stereocenters. The summed E-state index contributed by atoms with van der Waals surface area (Å²) in [6.07, 6.45) is 1.14.